The summed E-state index contributed by atoms with van der Waals surface area (Å²) in [6, 6.07) is 4.67. The lowest BCUT2D eigenvalue weighted by Gasteiger charge is -2.27. The molecule has 1 rings (SSSR count). The fraction of sp³-hybridized carbons (Fsp3) is 0.667. The SMILES string of the molecule is COC(=O)C(N)(CCOC(=O)[C@@H](C)C(C)C)Cc1ccc(OC(=O)CC(C)(C)C)c(OC(=O)CC(C)(C)C)c1. The minimum atomic E-state index is -1.52. The van der Waals surface area contributed by atoms with E-state index in [1.54, 1.807) is 13.0 Å². The standard InChI is InChI=1S/C30H47NO8/c1-19(2)20(3)26(34)37-14-13-30(31,27(35)36-10)16-21-11-12-22(38-24(32)17-28(4,5)6)23(15-21)39-25(33)18-29(7,8)9/h11-12,15,19-20H,13-14,16-18,31H2,1-10H3/t20-,30?/m0/s1. The molecule has 0 saturated carbocycles. The van der Waals surface area contributed by atoms with Crippen LogP contribution in [-0.2, 0) is 35.1 Å². The lowest BCUT2D eigenvalue weighted by molar-refractivity contribution is -0.153. The number of carbonyl (C=O) groups excluding carboxylic acids is 4. The van der Waals surface area contributed by atoms with E-state index in [1.165, 1.54) is 19.2 Å². The highest BCUT2D eigenvalue weighted by Gasteiger charge is 2.36. The average Bonchev–Trinajstić information content (AvgIpc) is 2.76. The van der Waals surface area contributed by atoms with Crippen molar-refractivity contribution in [3.63, 3.8) is 0 Å². The summed E-state index contributed by atoms with van der Waals surface area (Å²) in [5.74, 6) is -2.06. The zero-order valence-corrected chi connectivity index (χ0v) is 25.3. The van der Waals surface area contributed by atoms with Gasteiger partial charge >= 0.3 is 23.9 Å². The van der Waals surface area contributed by atoms with E-state index in [1.807, 2.05) is 55.4 Å². The molecule has 2 atom stereocenters. The molecule has 0 aromatic heterocycles. The molecule has 9 nitrogen and oxygen atoms in total. The van der Waals surface area contributed by atoms with Crippen LogP contribution in [0.25, 0.3) is 0 Å². The van der Waals surface area contributed by atoms with Crippen LogP contribution in [0.1, 0.15) is 87.1 Å². The van der Waals surface area contributed by atoms with Crippen LogP contribution in [0.4, 0.5) is 0 Å². The van der Waals surface area contributed by atoms with Crippen LogP contribution in [0.3, 0.4) is 0 Å². The summed E-state index contributed by atoms with van der Waals surface area (Å²) in [4.78, 5) is 50.1. The summed E-state index contributed by atoms with van der Waals surface area (Å²) in [6.07, 6.45) is 0.303. The van der Waals surface area contributed by atoms with Crippen molar-refractivity contribution < 1.29 is 38.1 Å². The molecule has 2 N–H and O–H groups in total. The third kappa shape index (κ3) is 12.2. The largest absolute Gasteiger partial charge is 0.468 e. The van der Waals surface area contributed by atoms with E-state index in [9.17, 15) is 19.2 Å². The van der Waals surface area contributed by atoms with Crippen LogP contribution in [0.2, 0.25) is 0 Å². The number of esters is 4. The van der Waals surface area contributed by atoms with Gasteiger partial charge in [-0.25, -0.2) is 0 Å². The van der Waals surface area contributed by atoms with E-state index in [0.29, 0.717) is 5.56 Å². The van der Waals surface area contributed by atoms with Gasteiger partial charge in [-0.3, -0.25) is 19.2 Å². The summed E-state index contributed by atoms with van der Waals surface area (Å²) in [6.45, 7) is 17.0. The topological polar surface area (TPSA) is 131 Å². The Morgan fingerprint density at radius 3 is 1.82 bits per heavy atom. The maximum absolute atomic E-state index is 12.7. The number of benzene rings is 1. The second kappa shape index (κ2) is 13.9. The molecule has 1 aromatic carbocycles. The smallest absolute Gasteiger partial charge is 0.326 e. The van der Waals surface area contributed by atoms with Crippen molar-refractivity contribution in [1.29, 1.82) is 0 Å². The normalized spacial score (nSPS) is 14.3. The lowest BCUT2D eigenvalue weighted by atomic mass is 9.88. The Bertz CT molecular complexity index is 1020. The van der Waals surface area contributed by atoms with Gasteiger partial charge < -0.3 is 24.7 Å². The van der Waals surface area contributed by atoms with E-state index in [4.69, 9.17) is 24.7 Å². The van der Waals surface area contributed by atoms with Crippen molar-refractivity contribution in [3.8, 4) is 11.5 Å². The van der Waals surface area contributed by atoms with E-state index in [0.717, 1.165) is 0 Å². The Morgan fingerprint density at radius 1 is 0.846 bits per heavy atom. The zero-order chi connectivity index (χ0) is 30.2. The van der Waals surface area contributed by atoms with Crippen molar-refractivity contribution >= 4 is 23.9 Å². The first kappa shape index (κ1) is 34.1. The van der Waals surface area contributed by atoms with Crippen molar-refractivity contribution in [2.45, 2.75) is 93.5 Å². The van der Waals surface area contributed by atoms with Crippen LogP contribution >= 0.6 is 0 Å². The van der Waals surface area contributed by atoms with Gasteiger partial charge in [0.2, 0.25) is 0 Å². The summed E-state index contributed by atoms with van der Waals surface area (Å²) in [5.41, 5.74) is 4.87. The first-order valence-corrected chi connectivity index (χ1v) is 13.3. The van der Waals surface area contributed by atoms with Crippen molar-refractivity contribution in [3.05, 3.63) is 23.8 Å². The number of hydrogen-bond donors (Lipinski definition) is 1. The minimum Gasteiger partial charge on any atom is -0.468 e. The Morgan fingerprint density at radius 2 is 1.36 bits per heavy atom. The Balaban J connectivity index is 3.24. The third-order valence-corrected chi connectivity index (χ3v) is 6.08. The number of hydrogen-bond acceptors (Lipinski definition) is 9. The van der Waals surface area contributed by atoms with Crippen molar-refractivity contribution in [1.82, 2.24) is 0 Å². The second-order valence-electron chi connectivity index (χ2n) is 13.0. The predicted molar refractivity (Wildman–Crippen MR) is 148 cm³/mol. The molecule has 220 valence electrons. The van der Waals surface area contributed by atoms with Crippen molar-refractivity contribution in [2.24, 2.45) is 28.4 Å². The molecule has 0 spiro atoms. The van der Waals surface area contributed by atoms with Gasteiger partial charge in [0.25, 0.3) is 0 Å². The van der Waals surface area contributed by atoms with Gasteiger partial charge in [0.05, 0.1) is 32.5 Å². The molecular formula is C30H47NO8. The molecule has 0 aliphatic heterocycles. The van der Waals surface area contributed by atoms with Gasteiger partial charge in [-0.2, -0.15) is 0 Å². The first-order valence-electron chi connectivity index (χ1n) is 13.3. The quantitative estimate of drug-likeness (QED) is 0.282. The van der Waals surface area contributed by atoms with Crippen LogP contribution in [-0.4, -0.2) is 43.1 Å². The molecular weight excluding hydrogens is 502 g/mol. The second-order valence-corrected chi connectivity index (χ2v) is 13.0. The molecule has 0 bridgehead atoms. The molecule has 9 heteroatoms. The maximum atomic E-state index is 12.7. The Hall–Kier alpha value is -2.94. The zero-order valence-electron chi connectivity index (χ0n) is 25.3. The molecule has 0 heterocycles. The molecule has 0 amide bonds. The highest BCUT2D eigenvalue weighted by Crippen LogP contribution is 2.33. The molecule has 0 aliphatic rings. The first-order chi connectivity index (χ1) is 17.8. The van der Waals surface area contributed by atoms with Gasteiger partial charge in [-0.15, -0.1) is 0 Å². The summed E-state index contributed by atoms with van der Waals surface area (Å²) in [5, 5.41) is 0. The minimum absolute atomic E-state index is 0.00298. The van der Waals surface area contributed by atoms with Crippen LogP contribution in [0.5, 0.6) is 11.5 Å². The molecule has 1 unspecified atom stereocenters. The van der Waals surface area contributed by atoms with Gasteiger partial charge in [0.1, 0.15) is 5.54 Å². The van der Waals surface area contributed by atoms with Crippen LogP contribution < -0.4 is 15.2 Å². The average molecular weight is 550 g/mol. The van der Waals surface area contributed by atoms with E-state index in [2.05, 4.69) is 0 Å². The van der Waals surface area contributed by atoms with Gasteiger partial charge in [0, 0.05) is 12.8 Å². The highest BCUT2D eigenvalue weighted by molar-refractivity contribution is 5.81. The van der Waals surface area contributed by atoms with Crippen LogP contribution in [0, 0.1) is 22.7 Å². The highest BCUT2D eigenvalue weighted by atomic mass is 16.6. The number of nitrogens with two attached hydrogens (primary N) is 1. The van der Waals surface area contributed by atoms with E-state index >= 15 is 0 Å². The number of methoxy groups -OCH3 is 1. The van der Waals surface area contributed by atoms with Gasteiger partial charge in [-0.1, -0.05) is 68.4 Å². The summed E-state index contributed by atoms with van der Waals surface area (Å²) >= 11 is 0. The summed E-state index contributed by atoms with van der Waals surface area (Å²) in [7, 11) is 1.23. The fourth-order valence-electron chi connectivity index (χ4n) is 3.58. The molecule has 0 aliphatic carbocycles. The lowest BCUT2D eigenvalue weighted by Crippen LogP contribution is -2.51. The number of rotatable bonds is 12. The van der Waals surface area contributed by atoms with Crippen molar-refractivity contribution in [2.75, 3.05) is 13.7 Å². The predicted octanol–water partition coefficient (Wildman–Crippen LogP) is 5.01. The number of ether oxygens (including phenoxy) is 4. The van der Waals surface area contributed by atoms with Gasteiger partial charge in [0.15, 0.2) is 11.5 Å². The third-order valence-electron chi connectivity index (χ3n) is 6.08. The van der Waals surface area contributed by atoms with Gasteiger partial charge in [-0.05, 0) is 34.4 Å². The Labute approximate surface area is 233 Å². The molecule has 1 aromatic rings. The Kier molecular flexibility index (Phi) is 12.2. The maximum Gasteiger partial charge on any atom is 0.326 e. The summed E-state index contributed by atoms with van der Waals surface area (Å²) < 4.78 is 21.5. The molecule has 0 radical (unpaired) electrons. The molecule has 0 fully saturated rings. The van der Waals surface area contributed by atoms with Crippen LogP contribution in [0.15, 0.2) is 18.2 Å². The van der Waals surface area contributed by atoms with E-state index in [-0.39, 0.29) is 72.4 Å². The number of carbonyl (C=O) groups is 4. The molecule has 39 heavy (non-hydrogen) atoms. The van der Waals surface area contributed by atoms with E-state index < -0.39 is 23.4 Å². The monoisotopic (exact) mass is 549 g/mol. The fourth-order valence-corrected chi connectivity index (χ4v) is 3.58. The molecule has 0 saturated heterocycles.